The molecule has 0 heterocycles. The quantitative estimate of drug-likeness (QED) is 0.415. The van der Waals surface area contributed by atoms with Gasteiger partial charge in [-0.05, 0) is 0 Å². The Balaban J connectivity index is 2.80. The lowest BCUT2D eigenvalue weighted by Gasteiger charge is -2.26. The Labute approximate surface area is 76.5 Å². The van der Waals surface area contributed by atoms with Crippen molar-refractivity contribution in [3.05, 3.63) is 24.3 Å². The summed E-state index contributed by atoms with van der Waals surface area (Å²) < 4.78 is 0. The van der Waals surface area contributed by atoms with Gasteiger partial charge in [0.25, 0.3) is 0 Å². The number of hydrogen-bond acceptors (Lipinski definition) is 4. The molecule has 0 aromatic rings. The maximum atomic E-state index is 9.46. The van der Waals surface area contributed by atoms with Gasteiger partial charge in [0.05, 0.1) is 12.7 Å². The molecule has 0 aliphatic heterocycles. The Hall–Kier alpha value is -0.680. The van der Waals surface area contributed by atoms with Crippen LogP contribution in [0.3, 0.4) is 0 Å². The lowest BCUT2D eigenvalue weighted by molar-refractivity contribution is -0.0654. The molecular formula is C9H14O4. The summed E-state index contributed by atoms with van der Waals surface area (Å²) in [5.41, 5.74) is 0. The van der Waals surface area contributed by atoms with E-state index in [2.05, 4.69) is 0 Å². The normalized spacial score (nSPS) is 42.5. The molecular weight excluding hydrogens is 172 g/mol. The summed E-state index contributed by atoms with van der Waals surface area (Å²) in [4.78, 5) is 0. The number of aliphatic hydroxyl groups excluding tert-OH is 4. The van der Waals surface area contributed by atoms with Gasteiger partial charge in [0.1, 0.15) is 12.2 Å². The third-order valence-electron chi connectivity index (χ3n) is 2.13. The van der Waals surface area contributed by atoms with Gasteiger partial charge < -0.3 is 20.4 Å². The largest absolute Gasteiger partial charge is 0.396 e. The molecule has 0 spiro atoms. The van der Waals surface area contributed by atoms with Crippen molar-refractivity contribution in [3.8, 4) is 0 Å². The van der Waals surface area contributed by atoms with E-state index >= 15 is 0 Å². The van der Waals surface area contributed by atoms with Crippen LogP contribution < -0.4 is 0 Å². The van der Waals surface area contributed by atoms with Gasteiger partial charge in [-0.3, -0.25) is 0 Å². The van der Waals surface area contributed by atoms with E-state index in [-0.39, 0.29) is 6.61 Å². The molecule has 0 saturated carbocycles. The summed E-state index contributed by atoms with van der Waals surface area (Å²) in [6, 6.07) is 0. The summed E-state index contributed by atoms with van der Waals surface area (Å²) in [5, 5.41) is 36.9. The van der Waals surface area contributed by atoms with Crippen LogP contribution in [0.1, 0.15) is 0 Å². The zero-order valence-corrected chi connectivity index (χ0v) is 7.11. The smallest absolute Gasteiger partial charge is 0.110 e. The molecule has 0 radical (unpaired) electrons. The Morgan fingerprint density at radius 3 is 2.15 bits per heavy atom. The van der Waals surface area contributed by atoms with Crippen LogP contribution in [0, 0.1) is 5.92 Å². The second kappa shape index (κ2) is 4.53. The van der Waals surface area contributed by atoms with E-state index in [1.54, 1.807) is 18.2 Å². The van der Waals surface area contributed by atoms with E-state index in [1.807, 2.05) is 0 Å². The summed E-state index contributed by atoms with van der Waals surface area (Å²) >= 11 is 0. The van der Waals surface area contributed by atoms with E-state index in [0.29, 0.717) is 0 Å². The van der Waals surface area contributed by atoms with E-state index in [4.69, 9.17) is 5.11 Å². The van der Waals surface area contributed by atoms with Crippen LogP contribution in [0.2, 0.25) is 0 Å². The van der Waals surface area contributed by atoms with Crippen LogP contribution in [0.15, 0.2) is 24.3 Å². The van der Waals surface area contributed by atoms with Gasteiger partial charge >= 0.3 is 0 Å². The highest BCUT2D eigenvalue weighted by atomic mass is 16.4. The molecule has 1 aliphatic carbocycles. The monoisotopic (exact) mass is 186 g/mol. The summed E-state index contributed by atoms with van der Waals surface area (Å²) in [6.45, 7) is -0.255. The van der Waals surface area contributed by atoms with E-state index in [9.17, 15) is 15.3 Å². The molecule has 13 heavy (non-hydrogen) atoms. The molecule has 1 aliphatic rings. The third-order valence-corrected chi connectivity index (χ3v) is 2.13. The standard InChI is InChI=1S/C9H14O4/c10-5-6-3-1-2-4-7(11)9(13)8(6)12/h1-4,6-13H,5H2/b3-1-,4-2?/t6-,7-,8+,9-/m1/s1. The zero-order valence-electron chi connectivity index (χ0n) is 7.11. The number of aliphatic hydroxyl groups is 4. The first-order valence-corrected chi connectivity index (χ1v) is 4.17. The minimum atomic E-state index is -1.25. The van der Waals surface area contributed by atoms with Gasteiger partial charge in [0.15, 0.2) is 0 Å². The highest BCUT2D eigenvalue weighted by Gasteiger charge is 2.28. The topological polar surface area (TPSA) is 80.9 Å². The first-order chi connectivity index (χ1) is 6.16. The van der Waals surface area contributed by atoms with Crippen LogP contribution >= 0.6 is 0 Å². The highest BCUT2D eigenvalue weighted by molar-refractivity contribution is 5.12. The molecule has 74 valence electrons. The lowest BCUT2D eigenvalue weighted by Crippen LogP contribution is -2.42. The number of hydrogen-bond donors (Lipinski definition) is 4. The van der Waals surface area contributed by atoms with E-state index < -0.39 is 24.2 Å². The molecule has 1 rings (SSSR count). The second-order valence-electron chi connectivity index (χ2n) is 3.09. The molecule has 0 unspecified atom stereocenters. The first-order valence-electron chi connectivity index (χ1n) is 4.17. The second-order valence-corrected chi connectivity index (χ2v) is 3.09. The van der Waals surface area contributed by atoms with Gasteiger partial charge in [0.2, 0.25) is 0 Å². The van der Waals surface area contributed by atoms with Gasteiger partial charge in [-0.2, -0.15) is 0 Å². The number of rotatable bonds is 1. The van der Waals surface area contributed by atoms with Crippen molar-refractivity contribution < 1.29 is 20.4 Å². The number of allylic oxidation sites excluding steroid dienone is 2. The maximum Gasteiger partial charge on any atom is 0.110 e. The van der Waals surface area contributed by atoms with Crippen LogP contribution in [-0.4, -0.2) is 45.3 Å². The van der Waals surface area contributed by atoms with Crippen LogP contribution in [0.4, 0.5) is 0 Å². The molecule has 0 fully saturated rings. The summed E-state index contributed by atoms with van der Waals surface area (Å²) in [6.07, 6.45) is 2.70. The molecule has 4 atom stereocenters. The summed E-state index contributed by atoms with van der Waals surface area (Å²) in [7, 11) is 0. The molecule has 0 amide bonds. The molecule has 4 nitrogen and oxygen atoms in total. The fourth-order valence-corrected chi connectivity index (χ4v) is 1.24. The molecule has 4 N–H and O–H groups in total. The van der Waals surface area contributed by atoms with Gasteiger partial charge in [-0.25, -0.2) is 0 Å². The van der Waals surface area contributed by atoms with Crippen molar-refractivity contribution in [2.45, 2.75) is 18.3 Å². The zero-order chi connectivity index (χ0) is 9.84. The first kappa shape index (κ1) is 10.4. The van der Waals surface area contributed by atoms with Gasteiger partial charge in [-0.1, -0.05) is 24.3 Å². The third kappa shape index (κ3) is 2.38. The highest BCUT2D eigenvalue weighted by Crippen LogP contribution is 2.15. The molecule has 0 saturated heterocycles. The predicted octanol–water partition coefficient (Wildman–Crippen LogP) is -1.20. The van der Waals surface area contributed by atoms with Crippen molar-refractivity contribution >= 4 is 0 Å². The van der Waals surface area contributed by atoms with Crippen molar-refractivity contribution in [3.63, 3.8) is 0 Å². The average Bonchev–Trinajstić information content (AvgIpc) is 2.14. The Morgan fingerprint density at radius 2 is 1.54 bits per heavy atom. The van der Waals surface area contributed by atoms with Gasteiger partial charge in [-0.15, -0.1) is 0 Å². The fourth-order valence-electron chi connectivity index (χ4n) is 1.24. The minimum Gasteiger partial charge on any atom is -0.396 e. The fraction of sp³-hybridized carbons (Fsp3) is 0.556. The van der Waals surface area contributed by atoms with Gasteiger partial charge in [0, 0.05) is 5.92 Å². The van der Waals surface area contributed by atoms with Crippen molar-refractivity contribution in [1.29, 1.82) is 0 Å². The van der Waals surface area contributed by atoms with E-state index in [1.165, 1.54) is 6.08 Å². The van der Waals surface area contributed by atoms with Crippen LogP contribution in [-0.2, 0) is 0 Å². The van der Waals surface area contributed by atoms with Crippen LogP contribution in [0.5, 0.6) is 0 Å². The minimum absolute atomic E-state index is 0.255. The molecule has 0 bridgehead atoms. The molecule has 0 aromatic heterocycles. The Kier molecular flexibility index (Phi) is 3.62. The summed E-state index contributed by atoms with van der Waals surface area (Å²) in [5.74, 6) is -0.533. The van der Waals surface area contributed by atoms with Crippen molar-refractivity contribution in [2.75, 3.05) is 6.61 Å². The van der Waals surface area contributed by atoms with Crippen molar-refractivity contribution in [1.82, 2.24) is 0 Å². The average molecular weight is 186 g/mol. The van der Waals surface area contributed by atoms with Crippen molar-refractivity contribution in [2.24, 2.45) is 5.92 Å². The Morgan fingerprint density at radius 1 is 0.923 bits per heavy atom. The SMILES string of the molecule is OC[C@H]1/C=C\C=C[C@@H](O)[C@@H](O)[C@H]1O. The lowest BCUT2D eigenvalue weighted by atomic mass is 9.93. The molecule has 0 aromatic carbocycles. The maximum absolute atomic E-state index is 9.46. The van der Waals surface area contributed by atoms with E-state index in [0.717, 1.165) is 0 Å². The Bertz CT molecular complexity index is 212. The predicted molar refractivity (Wildman–Crippen MR) is 46.9 cm³/mol. The van der Waals surface area contributed by atoms with Crippen LogP contribution in [0.25, 0.3) is 0 Å². The molecule has 4 heteroatoms.